The van der Waals surface area contributed by atoms with Crippen molar-refractivity contribution in [1.82, 2.24) is 5.32 Å². The van der Waals surface area contributed by atoms with E-state index < -0.39 is 0 Å². The Labute approximate surface area is 80.9 Å². The van der Waals surface area contributed by atoms with Crippen LogP contribution in [0.2, 0.25) is 0 Å². The molecule has 0 aromatic carbocycles. The average Bonchev–Trinajstić information content (AvgIpc) is 2.48. The zero-order valence-electron chi connectivity index (χ0n) is 7.30. The molecule has 0 aliphatic carbocycles. The lowest BCUT2D eigenvalue weighted by molar-refractivity contribution is 0.0956. The second-order valence-electron chi connectivity index (χ2n) is 3.11. The van der Waals surface area contributed by atoms with Crippen molar-refractivity contribution in [1.29, 1.82) is 0 Å². The SMILES string of the molecule is NCc1cc2c(s1)CCCNC2=O. The molecular weight excluding hydrogens is 184 g/mol. The lowest BCUT2D eigenvalue weighted by Crippen LogP contribution is -2.22. The topological polar surface area (TPSA) is 55.1 Å². The van der Waals surface area contributed by atoms with Gasteiger partial charge in [-0.2, -0.15) is 0 Å². The van der Waals surface area contributed by atoms with E-state index in [1.165, 1.54) is 4.88 Å². The average molecular weight is 196 g/mol. The number of carbonyl (C=O) groups excluding carboxylic acids is 1. The summed E-state index contributed by atoms with van der Waals surface area (Å²) >= 11 is 1.67. The van der Waals surface area contributed by atoms with Crippen molar-refractivity contribution in [2.24, 2.45) is 5.73 Å². The number of hydrogen-bond donors (Lipinski definition) is 2. The fraction of sp³-hybridized carbons (Fsp3) is 0.444. The molecule has 3 N–H and O–H groups in total. The van der Waals surface area contributed by atoms with Crippen LogP contribution >= 0.6 is 11.3 Å². The normalized spacial score (nSPS) is 16.2. The predicted octanol–water partition coefficient (Wildman–Crippen LogP) is 0.883. The first kappa shape index (κ1) is 8.72. The van der Waals surface area contributed by atoms with Crippen LogP contribution in [-0.4, -0.2) is 12.5 Å². The Bertz CT molecular complexity index is 332. The minimum Gasteiger partial charge on any atom is -0.352 e. The van der Waals surface area contributed by atoms with E-state index in [4.69, 9.17) is 5.73 Å². The number of nitrogens with two attached hydrogens (primary N) is 1. The lowest BCUT2D eigenvalue weighted by Gasteiger charge is -1.96. The first-order valence-corrected chi connectivity index (χ1v) is 5.23. The van der Waals surface area contributed by atoms with Gasteiger partial charge in [0.05, 0.1) is 5.56 Å². The molecule has 1 aromatic heterocycles. The van der Waals surface area contributed by atoms with Crippen molar-refractivity contribution < 1.29 is 4.79 Å². The molecule has 0 unspecified atom stereocenters. The number of rotatable bonds is 1. The molecule has 0 saturated heterocycles. The smallest absolute Gasteiger partial charge is 0.252 e. The molecule has 4 heteroatoms. The third kappa shape index (κ3) is 1.59. The van der Waals surface area contributed by atoms with Crippen LogP contribution in [0.25, 0.3) is 0 Å². The van der Waals surface area contributed by atoms with Gasteiger partial charge in [-0.1, -0.05) is 0 Å². The molecule has 1 aliphatic heterocycles. The number of aryl methyl sites for hydroxylation is 1. The summed E-state index contributed by atoms with van der Waals surface area (Å²) in [6.07, 6.45) is 2.03. The number of nitrogens with one attached hydrogen (secondary N) is 1. The number of amides is 1. The molecule has 0 spiro atoms. The van der Waals surface area contributed by atoms with Crippen molar-refractivity contribution in [2.75, 3.05) is 6.54 Å². The van der Waals surface area contributed by atoms with E-state index in [-0.39, 0.29) is 5.91 Å². The van der Waals surface area contributed by atoms with Crippen LogP contribution in [0.3, 0.4) is 0 Å². The summed E-state index contributed by atoms with van der Waals surface area (Å²) in [5.74, 6) is 0.0588. The Kier molecular flexibility index (Phi) is 2.33. The van der Waals surface area contributed by atoms with Gasteiger partial charge in [0.1, 0.15) is 0 Å². The summed E-state index contributed by atoms with van der Waals surface area (Å²) in [6, 6.07) is 1.92. The zero-order chi connectivity index (χ0) is 9.26. The van der Waals surface area contributed by atoms with Gasteiger partial charge in [0.2, 0.25) is 0 Å². The summed E-state index contributed by atoms with van der Waals surface area (Å²) in [5, 5.41) is 2.87. The highest BCUT2D eigenvalue weighted by molar-refractivity contribution is 7.12. The molecule has 2 heterocycles. The van der Waals surface area contributed by atoms with Crippen LogP contribution < -0.4 is 11.1 Å². The van der Waals surface area contributed by atoms with E-state index >= 15 is 0 Å². The molecule has 2 rings (SSSR count). The van der Waals surface area contributed by atoms with Gasteiger partial charge in [0, 0.05) is 22.8 Å². The summed E-state index contributed by atoms with van der Waals surface area (Å²) in [6.45, 7) is 1.32. The van der Waals surface area contributed by atoms with Crippen molar-refractivity contribution in [3.05, 3.63) is 21.4 Å². The molecule has 0 radical (unpaired) electrons. The summed E-state index contributed by atoms with van der Waals surface area (Å²) in [7, 11) is 0. The summed E-state index contributed by atoms with van der Waals surface area (Å²) in [5.41, 5.74) is 6.36. The molecule has 1 amide bonds. The highest BCUT2D eigenvalue weighted by atomic mass is 32.1. The maximum atomic E-state index is 11.5. The molecule has 0 bridgehead atoms. The van der Waals surface area contributed by atoms with Gasteiger partial charge < -0.3 is 11.1 Å². The van der Waals surface area contributed by atoms with Gasteiger partial charge in [-0.15, -0.1) is 11.3 Å². The number of carbonyl (C=O) groups is 1. The molecule has 70 valence electrons. The predicted molar refractivity (Wildman–Crippen MR) is 52.9 cm³/mol. The van der Waals surface area contributed by atoms with E-state index in [0.717, 1.165) is 29.8 Å². The summed E-state index contributed by atoms with van der Waals surface area (Å²) < 4.78 is 0. The minimum absolute atomic E-state index is 0.0588. The molecule has 1 aliphatic rings. The van der Waals surface area contributed by atoms with Crippen molar-refractivity contribution in [2.45, 2.75) is 19.4 Å². The maximum Gasteiger partial charge on any atom is 0.252 e. The van der Waals surface area contributed by atoms with E-state index in [1.54, 1.807) is 11.3 Å². The van der Waals surface area contributed by atoms with Gasteiger partial charge >= 0.3 is 0 Å². The quantitative estimate of drug-likeness (QED) is 0.700. The second kappa shape index (κ2) is 3.47. The Balaban J connectivity index is 2.39. The van der Waals surface area contributed by atoms with Gasteiger partial charge in [-0.05, 0) is 18.9 Å². The van der Waals surface area contributed by atoms with Crippen molar-refractivity contribution in [3.8, 4) is 0 Å². The van der Waals surface area contributed by atoms with Gasteiger partial charge in [0.15, 0.2) is 0 Å². The molecule has 0 fully saturated rings. The lowest BCUT2D eigenvalue weighted by atomic mass is 10.2. The van der Waals surface area contributed by atoms with Crippen LogP contribution in [0, 0.1) is 0 Å². The Hall–Kier alpha value is -0.870. The monoisotopic (exact) mass is 196 g/mol. The first-order chi connectivity index (χ1) is 6.31. The third-order valence-electron chi connectivity index (χ3n) is 2.17. The van der Waals surface area contributed by atoms with Crippen LogP contribution in [0.1, 0.15) is 26.5 Å². The number of fused-ring (bicyclic) bond motifs is 1. The Morgan fingerprint density at radius 1 is 1.62 bits per heavy atom. The van der Waals surface area contributed by atoms with E-state index in [1.807, 2.05) is 6.07 Å². The van der Waals surface area contributed by atoms with Gasteiger partial charge in [-0.3, -0.25) is 4.79 Å². The number of hydrogen-bond acceptors (Lipinski definition) is 3. The number of thiophene rings is 1. The molecule has 13 heavy (non-hydrogen) atoms. The molecule has 3 nitrogen and oxygen atoms in total. The standard InChI is InChI=1S/C9H12N2OS/c10-5-6-4-7-8(13-6)2-1-3-11-9(7)12/h4H,1-3,5,10H2,(H,11,12). The van der Waals surface area contributed by atoms with E-state index in [9.17, 15) is 4.79 Å². The van der Waals surface area contributed by atoms with Gasteiger partial charge in [0.25, 0.3) is 5.91 Å². The summed E-state index contributed by atoms with van der Waals surface area (Å²) in [4.78, 5) is 13.8. The van der Waals surface area contributed by atoms with Crippen LogP contribution in [0.5, 0.6) is 0 Å². The van der Waals surface area contributed by atoms with Gasteiger partial charge in [-0.25, -0.2) is 0 Å². The molecular formula is C9H12N2OS. The fourth-order valence-electron chi connectivity index (χ4n) is 1.51. The first-order valence-electron chi connectivity index (χ1n) is 4.41. The third-order valence-corrected chi connectivity index (χ3v) is 3.39. The van der Waals surface area contributed by atoms with Crippen molar-refractivity contribution in [3.63, 3.8) is 0 Å². The largest absolute Gasteiger partial charge is 0.352 e. The van der Waals surface area contributed by atoms with E-state index in [0.29, 0.717) is 6.54 Å². The Morgan fingerprint density at radius 2 is 2.46 bits per heavy atom. The minimum atomic E-state index is 0.0588. The van der Waals surface area contributed by atoms with Crippen molar-refractivity contribution >= 4 is 17.2 Å². The molecule has 0 atom stereocenters. The van der Waals surface area contributed by atoms with Crippen LogP contribution in [0.15, 0.2) is 6.07 Å². The molecule has 0 saturated carbocycles. The Morgan fingerprint density at radius 3 is 3.23 bits per heavy atom. The highest BCUT2D eigenvalue weighted by Gasteiger charge is 2.17. The zero-order valence-corrected chi connectivity index (χ0v) is 8.12. The highest BCUT2D eigenvalue weighted by Crippen LogP contribution is 2.24. The van der Waals surface area contributed by atoms with Crippen LogP contribution in [-0.2, 0) is 13.0 Å². The van der Waals surface area contributed by atoms with Crippen LogP contribution in [0.4, 0.5) is 0 Å². The maximum absolute atomic E-state index is 11.5. The second-order valence-corrected chi connectivity index (χ2v) is 4.33. The van der Waals surface area contributed by atoms with E-state index in [2.05, 4.69) is 5.32 Å². The molecule has 1 aromatic rings. The fourth-order valence-corrected chi connectivity index (χ4v) is 2.59.